The quantitative estimate of drug-likeness (QED) is 0.936. The van der Waals surface area contributed by atoms with Gasteiger partial charge in [0.15, 0.2) is 0 Å². The molecule has 1 unspecified atom stereocenters. The minimum Gasteiger partial charge on any atom is -0.496 e. The van der Waals surface area contributed by atoms with E-state index in [4.69, 9.17) is 22.1 Å². The first kappa shape index (κ1) is 15.6. The lowest BCUT2D eigenvalue weighted by molar-refractivity contribution is -0.137. The Balaban J connectivity index is 2.36. The maximum absolute atomic E-state index is 12.5. The predicted octanol–water partition coefficient (Wildman–Crippen LogP) is 3.81. The van der Waals surface area contributed by atoms with Gasteiger partial charge in [-0.15, -0.1) is 0 Å². The van der Waals surface area contributed by atoms with Gasteiger partial charge in [0, 0.05) is 16.8 Å². The van der Waals surface area contributed by atoms with E-state index in [9.17, 15) is 13.2 Å². The van der Waals surface area contributed by atoms with Crippen LogP contribution in [-0.4, -0.2) is 12.1 Å². The number of methoxy groups -OCH3 is 1. The van der Waals surface area contributed by atoms with Crippen LogP contribution in [0.1, 0.15) is 22.9 Å². The Morgan fingerprint density at radius 3 is 2.48 bits per heavy atom. The molecule has 0 aliphatic heterocycles. The van der Waals surface area contributed by atoms with E-state index in [-0.39, 0.29) is 0 Å². The molecule has 1 aromatic carbocycles. The SMILES string of the molecule is COc1ccc(Cl)cc1C(N)c1ccc(C(F)(F)F)cn1. The second-order valence-corrected chi connectivity index (χ2v) is 4.77. The molecule has 3 nitrogen and oxygen atoms in total. The fraction of sp³-hybridized carbons (Fsp3) is 0.214. The summed E-state index contributed by atoms with van der Waals surface area (Å²) in [5.74, 6) is 0.494. The number of benzene rings is 1. The number of alkyl halides is 3. The maximum atomic E-state index is 12.5. The molecule has 2 rings (SSSR count). The molecule has 0 saturated carbocycles. The number of aromatic nitrogens is 1. The standard InChI is InChI=1S/C14H12ClF3N2O/c1-21-12-5-3-9(15)6-10(12)13(19)11-4-2-8(7-20-11)14(16,17)18/h2-7,13H,19H2,1H3. The minimum atomic E-state index is -4.43. The molecule has 112 valence electrons. The van der Waals surface area contributed by atoms with Crippen LogP contribution in [0.25, 0.3) is 0 Å². The number of rotatable bonds is 3. The van der Waals surface area contributed by atoms with Crippen LogP contribution in [0.3, 0.4) is 0 Å². The van der Waals surface area contributed by atoms with Crippen LogP contribution in [0.2, 0.25) is 5.02 Å². The molecule has 0 aliphatic carbocycles. The Bertz CT molecular complexity index is 629. The number of ether oxygens (including phenoxy) is 1. The summed E-state index contributed by atoms with van der Waals surface area (Å²) in [5, 5.41) is 0.452. The molecule has 0 aliphatic rings. The summed E-state index contributed by atoms with van der Waals surface area (Å²) in [4.78, 5) is 3.78. The van der Waals surface area contributed by atoms with E-state index in [1.165, 1.54) is 13.2 Å². The Morgan fingerprint density at radius 2 is 1.95 bits per heavy atom. The van der Waals surface area contributed by atoms with E-state index in [0.29, 0.717) is 22.0 Å². The number of hydrogen-bond acceptors (Lipinski definition) is 3. The van der Waals surface area contributed by atoms with E-state index < -0.39 is 17.8 Å². The van der Waals surface area contributed by atoms with Crippen molar-refractivity contribution in [1.82, 2.24) is 4.98 Å². The van der Waals surface area contributed by atoms with Crippen LogP contribution < -0.4 is 10.5 Å². The van der Waals surface area contributed by atoms with Crippen LogP contribution in [0.5, 0.6) is 5.75 Å². The number of nitrogens with two attached hydrogens (primary N) is 1. The van der Waals surface area contributed by atoms with Crippen molar-refractivity contribution < 1.29 is 17.9 Å². The summed E-state index contributed by atoms with van der Waals surface area (Å²) in [6.07, 6.45) is -3.67. The largest absolute Gasteiger partial charge is 0.496 e. The first-order chi connectivity index (χ1) is 9.82. The molecular formula is C14H12ClF3N2O. The van der Waals surface area contributed by atoms with Crippen molar-refractivity contribution in [2.75, 3.05) is 7.11 Å². The number of pyridine rings is 1. The number of hydrogen-bond donors (Lipinski definition) is 1. The van der Waals surface area contributed by atoms with Gasteiger partial charge in [0.25, 0.3) is 0 Å². The summed E-state index contributed by atoms with van der Waals surface area (Å²) < 4.78 is 42.7. The Labute approximate surface area is 124 Å². The van der Waals surface area contributed by atoms with Gasteiger partial charge in [-0.1, -0.05) is 11.6 Å². The lowest BCUT2D eigenvalue weighted by Gasteiger charge is -2.16. The molecule has 2 aromatic rings. The zero-order chi connectivity index (χ0) is 15.6. The minimum absolute atomic E-state index is 0.295. The fourth-order valence-electron chi connectivity index (χ4n) is 1.86. The average molecular weight is 317 g/mol. The van der Waals surface area contributed by atoms with Crippen molar-refractivity contribution >= 4 is 11.6 Å². The summed E-state index contributed by atoms with van der Waals surface area (Å²) >= 11 is 5.91. The summed E-state index contributed by atoms with van der Waals surface area (Å²) in [6, 6.07) is 6.33. The highest BCUT2D eigenvalue weighted by Gasteiger charge is 2.31. The molecule has 7 heteroatoms. The van der Waals surface area contributed by atoms with Crippen LogP contribution in [0, 0.1) is 0 Å². The number of nitrogens with zero attached hydrogens (tertiary/aromatic N) is 1. The van der Waals surface area contributed by atoms with Crippen molar-refractivity contribution in [2.24, 2.45) is 5.73 Å². The van der Waals surface area contributed by atoms with Gasteiger partial charge in [0.2, 0.25) is 0 Å². The van der Waals surface area contributed by atoms with Crippen LogP contribution in [0.15, 0.2) is 36.5 Å². The second kappa shape index (κ2) is 5.91. The summed E-state index contributed by atoms with van der Waals surface area (Å²) in [5.41, 5.74) is 6.06. The van der Waals surface area contributed by atoms with Crippen molar-refractivity contribution in [3.63, 3.8) is 0 Å². The van der Waals surface area contributed by atoms with Gasteiger partial charge in [-0.2, -0.15) is 13.2 Å². The van der Waals surface area contributed by atoms with Crippen molar-refractivity contribution in [3.05, 3.63) is 58.4 Å². The lowest BCUT2D eigenvalue weighted by atomic mass is 10.0. The lowest BCUT2D eigenvalue weighted by Crippen LogP contribution is -2.15. The molecule has 0 radical (unpaired) electrons. The predicted molar refractivity (Wildman–Crippen MR) is 73.3 cm³/mol. The molecule has 1 aromatic heterocycles. The van der Waals surface area contributed by atoms with E-state index in [2.05, 4.69) is 4.98 Å². The second-order valence-electron chi connectivity index (χ2n) is 4.33. The third-order valence-corrected chi connectivity index (χ3v) is 3.19. The third-order valence-electron chi connectivity index (χ3n) is 2.96. The Hall–Kier alpha value is -1.79. The highest BCUT2D eigenvalue weighted by Crippen LogP contribution is 2.32. The molecule has 1 atom stereocenters. The first-order valence-corrected chi connectivity index (χ1v) is 6.33. The molecule has 2 N–H and O–H groups in total. The van der Waals surface area contributed by atoms with Crippen LogP contribution >= 0.6 is 11.6 Å². The topological polar surface area (TPSA) is 48.1 Å². The fourth-order valence-corrected chi connectivity index (χ4v) is 2.05. The van der Waals surface area contributed by atoms with Gasteiger partial charge < -0.3 is 10.5 Å². The summed E-state index contributed by atoms with van der Waals surface area (Å²) in [6.45, 7) is 0. The van der Waals surface area contributed by atoms with Crippen molar-refractivity contribution in [2.45, 2.75) is 12.2 Å². The number of halogens is 4. The zero-order valence-electron chi connectivity index (χ0n) is 11.0. The average Bonchev–Trinajstić information content (AvgIpc) is 2.45. The van der Waals surface area contributed by atoms with E-state index in [0.717, 1.165) is 12.3 Å². The third kappa shape index (κ3) is 3.46. The highest BCUT2D eigenvalue weighted by atomic mass is 35.5. The van der Waals surface area contributed by atoms with Crippen LogP contribution in [-0.2, 0) is 6.18 Å². The van der Waals surface area contributed by atoms with E-state index >= 15 is 0 Å². The van der Waals surface area contributed by atoms with Gasteiger partial charge in [-0.05, 0) is 30.3 Å². The normalized spacial score (nSPS) is 13.0. The molecule has 0 fully saturated rings. The van der Waals surface area contributed by atoms with Crippen molar-refractivity contribution in [3.8, 4) is 5.75 Å². The van der Waals surface area contributed by atoms with Gasteiger partial charge in [0.05, 0.1) is 24.4 Å². The molecule has 0 amide bonds. The Morgan fingerprint density at radius 1 is 1.24 bits per heavy atom. The van der Waals surface area contributed by atoms with Gasteiger partial charge in [-0.3, -0.25) is 4.98 Å². The van der Waals surface area contributed by atoms with E-state index in [1.807, 2.05) is 0 Å². The highest BCUT2D eigenvalue weighted by molar-refractivity contribution is 6.30. The smallest absolute Gasteiger partial charge is 0.417 e. The summed E-state index contributed by atoms with van der Waals surface area (Å²) in [7, 11) is 1.47. The Kier molecular flexibility index (Phi) is 4.39. The first-order valence-electron chi connectivity index (χ1n) is 5.95. The molecule has 0 bridgehead atoms. The molecule has 0 saturated heterocycles. The zero-order valence-corrected chi connectivity index (χ0v) is 11.7. The monoisotopic (exact) mass is 316 g/mol. The molecule has 0 spiro atoms. The van der Waals surface area contributed by atoms with Gasteiger partial charge >= 0.3 is 6.18 Å². The van der Waals surface area contributed by atoms with E-state index in [1.54, 1.807) is 18.2 Å². The van der Waals surface area contributed by atoms with Crippen molar-refractivity contribution in [1.29, 1.82) is 0 Å². The maximum Gasteiger partial charge on any atom is 0.417 e. The molecule has 1 heterocycles. The molecule has 21 heavy (non-hydrogen) atoms. The van der Waals surface area contributed by atoms with Gasteiger partial charge in [-0.25, -0.2) is 0 Å². The van der Waals surface area contributed by atoms with Crippen LogP contribution in [0.4, 0.5) is 13.2 Å². The molecular weight excluding hydrogens is 305 g/mol. The van der Waals surface area contributed by atoms with Gasteiger partial charge in [0.1, 0.15) is 5.75 Å².